The molecule has 0 nitrogen and oxygen atoms in total. The Morgan fingerprint density at radius 2 is 2.08 bits per heavy atom. The Hall–Kier alpha value is -0.200. The van der Waals surface area contributed by atoms with Crippen LogP contribution in [-0.4, -0.2) is 0 Å². The first-order valence-electron chi connectivity index (χ1n) is 4.65. The van der Waals surface area contributed by atoms with E-state index in [0.29, 0.717) is 11.8 Å². The van der Waals surface area contributed by atoms with Crippen LogP contribution >= 0.6 is 23.2 Å². The Kier molecular flexibility index (Phi) is 2.80. The van der Waals surface area contributed by atoms with Crippen LogP contribution in [0.25, 0.3) is 0 Å². The normalized spacial score (nSPS) is 17.1. The Bertz CT molecular complexity index is 303. The number of benzene rings is 1. The molecular formula is C11H12Cl2. The molecule has 1 fully saturated rings. The highest BCUT2D eigenvalue weighted by Gasteiger charge is 2.21. The summed E-state index contributed by atoms with van der Waals surface area (Å²) in [7, 11) is 0. The summed E-state index contributed by atoms with van der Waals surface area (Å²) < 4.78 is 0. The van der Waals surface area contributed by atoms with Crippen LogP contribution < -0.4 is 0 Å². The molecule has 0 saturated heterocycles. The summed E-state index contributed by atoms with van der Waals surface area (Å²) in [6, 6.07) is 6.11. The maximum atomic E-state index is 6.12. The summed E-state index contributed by atoms with van der Waals surface area (Å²) in [6.45, 7) is 0. The highest BCUT2D eigenvalue weighted by molar-refractivity contribution is 6.31. The second-order valence-electron chi connectivity index (χ2n) is 3.62. The van der Waals surface area contributed by atoms with E-state index in [0.717, 1.165) is 5.02 Å². The van der Waals surface area contributed by atoms with Crippen LogP contribution in [0.3, 0.4) is 0 Å². The monoisotopic (exact) mass is 214 g/mol. The summed E-state index contributed by atoms with van der Waals surface area (Å²) in [6.07, 6.45) is 3.91. The summed E-state index contributed by atoms with van der Waals surface area (Å²) in [5, 5.41) is 0.901. The molecule has 1 aromatic carbocycles. The van der Waals surface area contributed by atoms with E-state index in [-0.39, 0.29) is 0 Å². The molecule has 0 N–H and O–H groups in total. The number of hydrogen-bond acceptors (Lipinski definition) is 0. The summed E-state index contributed by atoms with van der Waals surface area (Å²) in [4.78, 5) is 0. The Balaban J connectivity index is 2.30. The van der Waals surface area contributed by atoms with E-state index in [9.17, 15) is 0 Å². The quantitative estimate of drug-likeness (QED) is 0.643. The molecule has 1 aliphatic rings. The highest BCUT2D eigenvalue weighted by atomic mass is 35.5. The zero-order valence-electron chi connectivity index (χ0n) is 7.39. The second-order valence-corrected chi connectivity index (χ2v) is 4.29. The average Bonchev–Trinajstić information content (AvgIpc) is 2.06. The molecule has 0 bridgehead atoms. The van der Waals surface area contributed by atoms with Gasteiger partial charge in [0.2, 0.25) is 0 Å². The van der Waals surface area contributed by atoms with E-state index in [4.69, 9.17) is 23.2 Å². The molecule has 0 amide bonds. The zero-order chi connectivity index (χ0) is 9.26. The van der Waals surface area contributed by atoms with Crippen molar-refractivity contribution in [2.45, 2.75) is 31.1 Å². The first-order valence-corrected chi connectivity index (χ1v) is 5.57. The van der Waals surface area contributed by atoms with Crippen molar-refractivity contribution in [2.24, 2.45) is 0 Å². The molecular weight excluding hydrogens is 203 g/mol. The van der Waals surface area contributed by atoms with Gasteiger partial charge in [-0.2, -0.15) is 0 Å². The van der Waals surface area contributed by atoms with Gasteiger partial charge in [0, 0.05) is 10.9 Å². The molecule has 2 rings (SSSR count). The lowest BCUT2D eigenvalue weighted by Crippen LogP contribution is -2.09. The Labute approximate surface area is 88.9 Å². The van der Waals surface area contributed by atoms with E-state index < -0.39 is 0 Å². The van der Waals surface area contributed by atoms with Crippen molar-refractivity contribution < 1.29 is 0 Å². The predicted molar refractivity (Wildman–Crippen MR) is 57.6 cm³/mol. The minimum absolute atomic E-state index is 0.580. The predicted octanol–water partition coefficient (Wildman–Crippen LogP) is 4.35. The fourth-order valence-electron chi connectivity index (χ4n) is 1.71. The molecule has 13 heavy (non-hydrogen) atoms. The summed E-state index contributed by atoms with van der Waals surface area (Å²) >= 11 is 11.9. The van der Waals surface area contributed by atoms with Gasteiger partial charge >= 0.3 is 0 Å². The van der Waals surface area contributed by atoms with Crippen molar-refractivity contribution in [1.29, 1.82) is 0 Å². The third kappa shape index (κ3) is 1.84. The van der Waals surface area contributed by atoms with Gasteiger partial charge in [0.1, 0.15) is 0 Å². The maximum absolute atomic E-state index is 6.12. The first-order chi connectivity index (χ1) is 6.31. The fraction of sp³-hybridized carbons (Fsp3) is 0.455. The van der Waals surface area contributed by atoms with Gasteiger partial charge in [-0.05, 0) is 36.0 Å². The van der Waals surface area contributed by atoms with Gasteiger partial charge in [-0.15, -0.1) is 11.6 Å². The van der Waals surface area contributed by atoms with Crippen LogP contribution in [0.2, 0.25) is 5.02 Å². The van der Waals surface area contributed by atoms with E-state index in [1.165, 1.54) is 30.4 Å². The van der Waals surface area contributed by atoms with E-state index >= 15 is 0 Å². The molecule has 0 atom stereocenters. The molecule has 1 saturated carbocycles. The molecule has 0 aromatic heterocycles. The summed E-state index contributed by atoms with van der Waals surface area (Å²) in [5.41, 5.74) is 2.47. The molecule has 70 valence electrons. The third-order valence-electron chi connectivity index (χ3n) is 2.76. The van der Waals surface area contributed by atoms with Crippen molar-refractivity contribution in [3.63, 3.8) is 0 Å². The Morgan fingerprint density at radius 1 is 1.31 bits per heavy atom. The molecule has 0 unspecified atom stereocenters. The number of alkyl halides is 1. The van der Waals surface area contributed by atoms with Crippen LogP contribution in [0.15, 0.2) is 18.2 Å². The van der Waals surface area contributed by atoms with E-state index in [1.54, 1.807) is 0 Å². The SMILES string of the molecule is ClCc1ccc(Cl)c(C2CCC2)c1. The van der Waals surface area contributed by atoms with Crippen molar-refractivity contribution in [2.75, 3.05) is 0 Å². The van der Waals surface area contributed by atoms with Crippen LogP contribution in [0.5, 0.6) is 0 Å². The van der Waals surface area contributed by atoms with Crippen molar-refractivity contribution in [3.8, 4) is 0 Å². The minimum atomic E-state index is 0.580. The van der Waals surface area contributed by atoms with Gasteiger partial charge in [0.15, 0.2) is 0 Å². The molecule has 0 spiro atoms. The van der Waals surface area contributed by atoms with Gasteiger partial charge in [-0.1, -0.05) is 30.2 Å². The zero-order valence-corrected chi connectivity index (χ0v) is 8.91. The number of halogens is 2. The van der Waals surface area contributed by atoms with Gasteiger partial charge in [0.05, 0.1) is 0 Å². The van der Waals surface area contributed by atoms with E-state index in [1.807, 2.05) is 12.1 Å². The standard InChI is InChI=1S/C11H12Cl2/c12-7-8-4-5-11(13)10(6-8)9-2-1-3-9/h4-6,9H,1-3,7H2. The first kappa shape index (κ1) is 9.36. The molecule has 0 heterocycles. The molecule has 0 aliphatic heterocycles. The topological polar surface area (TPSA) is 0 Å². The highest BCUT2D eigenvalue weighted by Crippen LogP contribution is 2.40. The third-order valence-corrected chi connectivity index (χ3v) is 3.41. The van der Waals surface area contributed by atoms with Crippen LogP contribution in [-0.2, 0) is 5.88 Å². The van der Waals surface area contributed by atoms with Crippen molar-refractivity contribution in [3.05, 3.63) is 34.3 Å². The van der Waals surface area contributed by atoms with Crippen LogP contribution in [0.1, 0.15) is 36.3 Å². The lowest BCUT2D eigenvalue weighted by Gasteiger charge is -2.27. The minimum Gasteiger partial charge on any atom is -0.122 e. The fourth-order valence-corrected chi connectivity index (χ4v) is 2.15. The van der Waals surface area contributed by atoms with Crippen LogP contribution in [0, 0.1) is 0 Å². The smallest absolute Gasteiger partial charge is 0.0474 e. The maximum Gasteiger partial charge on any atom is 0.0474 e. The lowest BCUT2D eigenvalue weighted by molar-refractivity contribution is 0.419. The van der Waals surface area contributed by atoms with Gasteiger partial charge in [0.25, 0.3) is 0 Å². The largest absolute Gasteiger partial charge is 0.122 e. The molecule has 1 aromatic rings. The van der Waals surface area contributed by atoms with Crippen LogP contribution in [0.4, 0.5) is 0 Å². The Morgan fingerprint density at radius 3 is 2.62 bits per heavy atom. The lowest BCUT2D eigenvalue weighted by atomic mass is 9.80. The second kappa shape index (κ2) is 3.89. The van der Waals surface area contributed by atoms with Crippen molar-refractivity contribution >= 4 is 23.2 Å². The number of hydrogen-bond donors (Lipinski definition) is 0. The average molecular weight is 215 g/mol. The summed E-state index contributed by atoms with van der Waals surface area (Å²) in [5.74, 6) is 1.27. The van der Waals surface area contributed by atoms with Crippen molar-refractivity contribution in [1.82, 2.24) is 0 Å². The van der Waals surface area contributed by atoms with Gasteiger partial charge < -0.3 is 0 Å². The van der Waals surface area contributed by atoms with Gasteiger partial charge in [-0.25, -0.2) is 0 Å². The number of rotatable bonds is 2. The molecule has 2 heteroatoms. The molecule has 0 radical (unpaired) electrons. The molecule has 1 aliphatic carbocycles. The van der Waals surface area contributed by atoms with E-state index in [2.05, 4.69) is 6.07 Å². The van der Waals surface area contributed by atoms with Gasteiger partial charge in [-0.3, -0.25) is 0 Å².